The lowest BCUT2D eigenvalue weighted by molar-refractivity contribution is -0.151. The average molecular weight is 348 g/mol. The summed E-state index contributed by atoms with van der Waals surface area (Å²) < 4.78 is 5.04. The molecule has 0 radical (unpaired) electrons. The maximum Gasteiger partial charge on any atom is 0.311 e. The van der Waals surface area contributed by atoms with Crippen molar-refractivity contribution in [3.05, 3.63) is 29.7 Å². The van der Waals surface area contributed by atoms with Crippen LogP contribution in [0.25, 0.3) is 10.6 Å². The van der Waals surface area contributed by atoms with Crippen LogP contribution in [-0.4, -0.2) is 40.0 Å². The summed E-state index contributed by atoms with van der Waals surface area (Å²) in [6, 6.07) is 1.83. The maximum absolute atomic E-state index is 12.5. The highest BCUT2D eigenvalue weighted by Gasteiger charge is 2.48. The summed E-state index contributed by atoms with van der Waals surface area (Å²) in [6.45, 7) is 4.57. The first-order chi connectivity index (χ1) is 11.4. The smallest absolute Gasteiger partial charge is 0.311 e. The van der Waals surface area contributed by atoms with Crippen molar-refractivity contribution >= 4 is 23.2 Å². The minimum atomic E-state index is -0.834. The van der Waals surface area contributed by atoms with Gasteiger partial charge in [0.05, 0.1) is 23.8 Å². The Morgan fingerprint density at radius 2 is 2.29 bits per heavy atom. The van der Waals surface area contributed by atoms with Crippen LogP contribution < -0.4 is 0 Å². The summed E-state index contributed by atoms with van der Waals surface area (Å²) in [5.74, 6) is -0.897. The molecule has 0 saturated carbocycles. The van der Waals surface area contributed by atoms with E-state index in [4.69, 9.17) is 4.42 Å². The molecular weight excluding hydrogens is 328 g/mol. The zero-order valence-electron chi connectivity index (χ0n) is 13.7. The van der Waals surface area contributed by atoms with E-state index >= 15 is 0 Å². The SMILES string of the molecule is CC(C)C1(C(=O)O)CCN(C(=O)Cc2csc(-c3ccoc3)n2)C1. The van der Waals surface area contributed by atoms with Crippen LogP contribution >= 0.6 is 11.3 Å². The highest BCUT2D eigenvalue weighted by atomic mass is 32.1. The Morgan fingerprint density at radius 1 is 1.50 bits per heavy atom. The van der Waals surface area contributed by atoms with E-state index in [0.29, 0.717) is 18.7 Å². The van der Waals surface area contributed by atoms with E-state index in [1.165, 1.54) is 11.3 Å². The summed E-state index contributed by atoms with van der Waals surface area (Å²) in [4.78, 5) is 30.3. The molecule has 3 heterocycles. The fourth-order valence-electron chi connectivity index (χ4n) is 3.11. The fourth-order valence-corrected chi connectivity index (χ4v) is 3.92. The van der Waals surface area contributed by atoms with Crippen molar-refractivity contribution in [1.82, 2.24) is 9.88 Å². The minimum absolute atomic E-state index is 0.0141. The summed E-state index contributed by atoms with van der Waals surface area (Å²) in [5.41, 5.74) is 0.766. The van der Waals surface area contributed by atoms with E-state index in [1.807, 2.05) is 25.3 Å². The van der Waals surface area contributed by atoms with E-state index in [0.717, 1.165) is 10.6 Å². The molecule has 1 unspecified atom stereocenters. The maximum atomic E-state index is 12.5. The molecule has 0 aromatic carbocycles. The molecule has 3 rings (SSSR count). The molecule has 1 amide bonds. The average Bonchev–Trinajstić information content (AvgIpc) is 3.27. The topological polar surface area (TPSA) is 83.6 Å². The van der Waals surface area contributed by atoms with Gasteiger partial charge in [-0.25, -0.2) is 4.98 Å². The van der Waals surface area contributed by atoms with E-state index in [2.05, 4.69) is 4.98 Å². The van der Waals surface area contributed by atoms with Gasteiger partial charge in [0.25, 0.3) is 0 Å². The number of thiazole rings is 1. The van der Waals surface area contributed by atoms with Crippen molar-refractivity contribution in [3.63, 3.8) is 0 Å². The number of aromatic nitrogens is 1. The van der Waals surface area contributed by atoms with E-state index in [-0.39, 0.29) is 24.8 Å². The van der Waals surface area contributed by atoms with Crippen molar-refractivity contribution in [2.24, 2.45) is 11.3 Å². The number of carboxylic acids is 1. The third kappa shape index (κ3) is 2.96. The Balaban J connectivity index is 1.67. The second-order valence-electron chi connectivity index (χ2n) is 6.51. The van der Waals surface area contributed by atoms with Crippen LogP contribution in [0.2, 0.25) is 0 Å². The second-order valence-corrected chi connectivity index (χ2v) is 7.37. The van der Waals surface area contributed by atoms with Crippen LogP contribution in [0.3, 0.4) is 0 Å². The number of likely N-dealkylation sites (tertiary alicyclic amines) is 1. The molecule has 0 bridgehead atoms. The lowest BCUT2D eigenvalue weighted by Crippen LogP contribution is -2.41. The number of furan rings is 1. The molecule has 6 nitrogen and oxygen atoms in total. The van der Waals surface area contributed by atoms with Gasteiger partial charge >= 0.3 is 5.97 Å². The molecule has 128 valence electrons. The van der Waals surface area contributed by atoms with Crippen LogP contribution in [0.15, 0.2) is 28.4 Å². The number of nitrogens with zero attached hydrogens (tertiary/aromatic N) is 2. The number of carbonyl (C=O) groups excluding carboxylic acids is 1. The minimum Gasteiger partial charge on any atom is -0.481 e. The van der Waals surface area contributed by atoms with Crippen LogP contribution in [0.1, 0.15) is 26.0 Å². The van der Waals surface area contributed by atoms with E-state index in [1.54, 1.807) is 17.4 Å². The quantitative estimate of drug-likeness (QED) is 0.898. The molecule has 0 aliphatic carbocycles. The molecule has 0 spiro atoms. The van der Waals surface area contributed by atoms with Crippen molar-refractivity contribution < 1.29 is 19.1 Å². The summed E-state index contributed by atoms with van der Waals surface area (Å²) >= 11 is 1.47. The molecule has 1 atom stereocenters. The molecule has 2 aromatic heterocycles. The van der Waals surface area contributed by atoms with Gasteiger partial charge in [0.1, 0.15) is 11.3 Å². The fraction of sp³-hybridized carbons (Fsp3) is 0.471. The van der Waals surface area contributed by atoms with E-state index in [9.17, 15) is 14.7 Å². The predicted molar refractivity (Wildman–Crippen MR) is 89.6 cm³/mol. The van der Waals surface area contributed by atoms with Gasteiger partial charge in [-0.2, -0.15) is 0 Å². The summed E-state index contributed by atoms with van der Waals surface area (Å²) in [6.07, 6.45) is 3.91. The van der Waals surface area contributed by atoms with Gasteiger partial charge in [-0.15, -0.1) is 11.3 Å². The molecular formula is C17H20N2O4S. The van der Waals surface area contributed by atoms with Gasteiger partial charge in [0, 0.05) is 24.0 Å². The predicted octanol–water partition coefficient (Wildman–Crippen LogP) is 2.90. The first kappa shape index (κ1) is 16.7. The van der Waals surface area contributed by atoms with Gasteiger partial charge in [-0.05, 0) is 18.4 Å². The normalized spacial score (nSPS) is 20.7. The summed E-state index contributed by atoms with van der Waals surface area (Å²) in [7, 11) is 0. The molecule has 1 aliphatic heterocycles. The van der Waals surface area contributed by atoms with Crippen molar-refractivity contribution in [1.29, 1.82) is 0 Å². The number of hydrogen-bond acceptors (Lipinski definition) is 5. The molecule has 2 aromatic rings. The highest BCUT2D eigenvalue weighted by molar-refractivity contribution is 7.13. The molecule has 1 saturated heterocycles. The monoisotopic (exact) mass is 348 g/mol. The first-order valence-electron chi connectivity index (χ1n) is 7.90. The third-order valence-corrected chi connectivity index (χ3v) is 5.78. The summed E-state index contributed by atoms with van der Waals surface area (Å²) in [5, 5.41) is 12.3. The third-order valence-electron chi connectivity index (χ3n) is 4.84. The molecule has 1 fully saturated rings. The van der Waals surface area contributed by atoms with Gasteiger partial charge in [0.15, 0.2) is 0 Å². The van der Waals surface area contributed by atoms with Gasteiger partial charge in [-0.3, -0.25) is 9.59 Å². The van der Waals surface area contributed by atoms with Gasteiger partial charge < -0.3 is 14.4 Å². The van der Waals surface area contributed by atoms with Crippen LogP contribution in [0.4, 0.5) is 0 Å². The van der Waals surface area contributed by atoms with Crippen molar-refractivity contribution in [2.45, 2.75) is 26.7 Å². The van der Waals surface area contributed by atoms with Gasteiger partial charge in [-0.1, -0.05) is 13.8 Å². The van der Waals surface area contributed by atoms with Crippen molar-refractivity contribution in [3.8, 4) is 10.6 Å². The Bertz CT molecular complexity index is 738. The van der Waals surface area contributed by atoms with Crippen LogP contribution in [0, 0.1) is 11.3 Å². The van der Waals surface area contributed by atoms with Crippen molar-refractivity contribution in [2.75, 3.05) is 13.1 Å². The first-order valence-corrected chi connectivity index (χ1v) is 8.78. The molecule has 1 N–H and O–H groups in total. The Kier molecular flexibility index (Phi) is 4.45. The number of amides is 1. The standard InChI is InChI=1S/C17H20N2O4S/c1-11(2)17(16(21)22)4-5-19(10-17)14(20)7-13-9-24-15(18-13)12-3-6-23-8-12/h3,6,8-9,11H,4-5,7,10H2,1-2H3,(H,21,22). The Morgan fingerprint density at radius 3 is 2.88 bits per heavy atom. The molecule has 24 heavy (non-hydrogen) atoms. The van der Waals surface area contributed by atoms with E-state index < -0.39 is 11.4 Å². The van der Waals surface area contributed by atoms with Crippen LogP contribution in [-0.2, 0) is 16.0 Å². The molecule has 7 heteroatoms. The highest BCUT2D eigenvalue weighted by Crippen LogP contribution is 2.38. The van der Waals surface area contributed by atoms with Gasteiger partial charge in [0.2, 0.25) is 5.91 Å². The lowest BCUT2D eigenvalue weighted by atomic mass is 9.76. The zero-order chi connectivity index (χ0) is 17.3. The lowest BCUT2D eigenvalue weighted by Gasteiger charge is -2.28. The number of hydrogen-bond donors (Lipinski definition) is 1. The Labute approximate surface area is 144 Å². The largest absolute Gasteiger partial charge is 0.481 e. The number of carboxylic acid groups (broad SMARTS) is 1. The second kappa shape index (κ2) is 6.39. The molecule has 1 aliphatic rings. The Hall–Kier alpha value is -2.15. The number of carbonyl (C=O) groups is 2. The number of aliphatic carboxylic acids is 1. The zero-order valence-corrected chi connectivity index (χ0v) is 14.5. The number of rotatable bonds is 5. The van der Waals surface area contributed by atoms with Crippen LogP contribution in [0.5, 0.6) is 0 Å².